The maximum atomic E-state index is 13.7. The van der Waals surface area contributed by atoms with Crippen molar-refractivity contribution in [2.45, 2.75) is 12.9 Å². The lowest BCUT2D eigenvalue weighted by Gasteiger charge is -2.14. The van der Waals surface area contributed by atoms with Crippen molar-refractivity contribution in [2.75, 3.05) is 5.32 Å². The number of carboxylic acids is 1. The Morgan fingerprint density at radius 3 is 2.49 bits per heavy atom. The van der Waals surface area contributed by atoms with E-state index in [0.29, 0.717) is 10.7 Å². The maximum absolute atomic E-state index is 13.7. The third-order valence-electron chi connectivity index (χ3n) is 4.64. The van der Waals surface area contributed by atoms with Gasteiger partial charge in [0, 0.05) is 35.4 Å². The number of nitrogens with zero attached hydrogens (tertiary/aromatic N) is 5. The lowest BCUT2D eigenvalue weighted by Crippen LogP contribution is -2.10. The van der Waals surface area contributed by atoms with Gasteiger partial charge in [0.1, 0.15) is 17.2 Å². The number of nitrogens with one attached hydrogen (secondary N) is 1. The molecule has 0 radical (unpaired) electrons. The van der Waals surface area contributed by atoms with Crippen LogP contribution >= 0.6 is 11.6 Å². The molecule has 0 saturated carbocycles. The molecule has 0 bridgehead atoms. The van der Waals surface area contributed by atoms with Crippen molar-refractivity contribution in [3.8, 4) is 16.9 Å². The van der Waals surface area contributed by atoms with Crippen LogP contribution in [0.25, 0.3) is 16.9 Å². The molecule has 0 aliphatic rings. The van der Waals surface area contributed by atoms with E-state index >= 15 is 0 Å². The molecule has 8 nitrogen and oxygen atoms in total. The molecule has 0 amide bonds. The van der Waals surface area contributed by atoms with Crippen LogP contribution in [0.3, 0.4) is 0 Å². The molecule has 0 saturated heterocycles. The number of alkyl halides is 4. The first kappa shape index (κ1) is 24.0. The molecule has 14 heteroatoms. The Morgan fingerprint density at radius 1 is 1.06 bits per heavy atom. The van der Waals surface area contributed by atoms with Gasteiger partial charge in [0.25, 0.3) is 12.9 Å². The minimum atomic E-state index is -3.20. The Bertz CT molecular complexity index is 1410. The summed E-state index contributed by atoms with van der Waals surface area (Å²) >= 11 is 5.76. The van der Waals surface area contributed by atoms with E-state index in [0.717, 1.165) is 18.5 Å². The predicted octanol–water partition coefficient (Wildman–Crippen LogP) is 5.83. The number of pyridine rings is 1. The van der Waals surface area contributed by atoms with Crippen LogP contribution in [0.1, 0.15) is 34.6 Å². The molecule has 1 aromatic carbocycles. The Morgan fingerprint density at radius 2 is 1.83 bits per heavy atom. The first-order valence-electron chi connectivity index (χ1n) is 9.58. The number of halogens is 6. The van der Waals surface area contributed by atoms with Gasteiger partial charge in [0.05, 0.1) is 10.6 Å². The molecular weight excluding hydrogens is 499 g/mol. The molecule has 2 N–H and O–H groups in total. The summed E-state index contributed by atoms with van der Waals surface area (Å²) in [5.41, 5.74) is -1.69. The van der Waals surface area contributed by atoms with Gasteiger partial charge >= 0.3 is 5.97 Å². The highest BCUT2D eigenvalue weighted by atomic mass is 35.5. The summed E-state index contributed by atoms with van der Waals surface area (Å²) in [6, 6.07) is 5.33. The summed E-state index contributed by atoms with van der Waals surface area (Å²) in [6.45, 7) is 0. The average Bonchev–Trinajstić information content (AvgIpc) is 3.28. The molecule has 0 atom stereocenters. The Kier molecular flexibility index (Phi) is 6.60. The average molecular weight is 511 g/mol. The van der Waals surface area contributed by atoms with Crippen molar-refractivity contribution in [3.05, 3.63) is 76.7 Å². The second kappa shape index (κ2) is 9.62. The normalized spacial score (nSPS) is 11.3. The lowest BCUT2D eigenvalue weighted by atomic mass is 10.1. The fourth-order valence-corrected chi connectivity index (χ4v) is 3.23. The Labute approximate surface area is 198 Å². The number of aromatic nitrogens is 5. The predicted molar refractivity (Wildman–Crippen MR) is 114 cm³/mol. The Balaban J connectivity index is 1.90. The van der Waals surface area contributed by atoms with Gasteiger partial charge in [-0.2, -0.15) is 10.1 Å². The molecule has 0 aliphatic heterocycles. The van der Waals surface area contributed by atoms with Crippen LogP contribution < -0.4 is 5.32 Å². The molecule has 0 unspecified atom stereocenters. The quantitative estimate of drug-likeness (QED) is 0.301. The third kappa shape index (κ3) is 5.04. The van der Waals surface area contributed by atoms with Gasteiger partial charge in [-0.1, -0.05) is 11.6 Å². The van der Waals surface area contributed by atoms with E-state index in [2.05, 4.69) is 25.4 Å². The summed E-state index contributed by atoms with van der Waals surface area (Å²) in [6.07, 6.45) is -2.91. The minimum Gasteiger partial charge on any atom is -0.478 e. The van der Waals surface area contributed by atoms with Gasteiger partial charge in [-0.05, 0) is 30.3 Å². The zero-order valence-electron chi connectivity index (χ0n) is 17.1. The standard InChI is InChI=1S/C21H12ClF5N6O2/c22-13-4-11(1-2-14(13)23)30-21-29-8-12(9-3-10(20(34)35)7-28-6-9)19(31-21)33-16(18(26)27)5-15(32-33)17(24)25/h1-8,17-18H,(H,34,35)(H,29,30,31). The molecule has 0 aliphatic carbocycles. The Hall–Kier alpha value is -4.13. The number of hydrogen-bond acceptors (Lipinski definition) is 6. The highest BCUT2D eigenvalue weighted by Crippen LogP contribution is 2.32. The third-order valence-corrected chi connectivity index (χ3v) is 4.93. The van der Waals surface area contributed by atoms with Gasteiger partial charge in [0.2, 0.25) is 5.95 Å². The summed E-state index contributed by atoms with van der Waals surface area (Å²) in [5, 5.41) is 15.3. The first-order chi connectivity index (χ1) is 16.6. The van der Waals surface area contributed by atoms with Crippen LogP contribution in [0.2, 0.25) is 5.02 Å². The topological polar surface area (TPSA) is 106 Å². The van der Waals surface area contributed by atoms with Crippen LogP contribution in [-0.2, 0) is 0 Å². The zero-order valence-corrected chi connectivity index (χ0v) is 17.9. The SMILES string of the molecule is O=C(O)c1cncc(-c2cnc(Nc3ccc(F)c(Cl)c3)nc2-n2nc(C(F)F)cc2C(F)F)c1. The van der Waals surface area contributed by atoms with Crippen molar-refractivity contribution < 1.29 is 31.9 Å². The molecule has 3 aromatic heterocycles. The van der Waals surface area contributed by atoms with Crippen molar-refractivity contribution in [3.63, 3.8) is 0 Å². The van der Waals surface area contributed by atoms with E-state index in [1.807, 2.05) is 0 Å². The van der Waals surface area contributed by atoms with E-state index in [9.17, 15) is 31.9 Å². The van der Waals surface area contributed by atoms with Gasteiger partial charge < -0.3 is 10.4 Å². The van der Waals surface area contributed by atoms with E-state index in [-0.39, 0.29) is 39.2 Å². The number of benzene rings is 1. The fraction of sp³-hybridized carbons (Fsp3) is 0.0952. The van der Waals surface area contributed by atoms with Gasteiger partial charge in [0.15, 0.2) is 5.82 Å². The summed E-state index contributed by atoms with van der Waals surface area (Å²) < 4.78 is 67.9. The van der Waals surface area contributed by atoms with Crippen LogP contribution in [-0.4, -0.2) is 35.8 Å². The van der Waals surface area contributed by atoms with Crippen molar-refractivity contribution >= 4 is 29.2 Å². The van der Waals surface area contributed by atoms with E-state index in [1.54, 1.807) is 0 Å². The van der Waals surface area contributed by atoms with Crippen molar-refractivity contribution in [2.24, 2.45) is 0 Å². The molecular formula is C21H12ClF5N6O2. The van der Waals surface area contributed by atoms with E-state index < -0.39 is 36.0 Å². The second-order valence-electron chi connectivity index (χ2n) is 6.96. The first-order valence-corrected chi connectivity index (χ1v) is 9.96. The number of aromatic carboxylic acids is 1. The molecule has 180 valence electrons. The van der Waals surface area contributed by atoms with Crippen molar-refractivity contribution in [1.82, 2.24) is 24.7 Å². The highest BCUT2D eigenvalue weighted by molar-refractivity contribution is 6.31. The van der Waals surface area contributed by atoms with E-state index in [1.165, 1.54) is 24.4 Å². The van der Waals surface area contributed by atoms with Crippen LogP contribution in [0.5, 0.6) is 0 Å². The number of anilines is 2. The number of carboxylic acid groups (broad SMARTS) is 1. The van der Waals surface area contributed by atoms with Crippen molar-refractivity contribution in [1.29, 1.82) is 0 Å². The highest BCUT2D eigenvalue weighted by Gasteiger charge is 2.25. The zero-order chi connectivity index (χ0) is 25.3. The fourth-order valence-electron chi connectivity index (χ4n) is 3.05. The van der Waals surface area contributed by atoms with Crippen LogP contribution in [0.4, 0.5) is 33.6 Å². The molecule has 4 aromatic rings. The molecule has 35 heavy (non-hydrogen) atoms. The lowest BCUT2D eigenvalue weighted by molar-refractivity contribution is 0.0696. The smallest absolute Gasteiger partial charge is 0.337 e. The number of rotatable bonds is 7. The van der Waals surface area contributed by atoms with Gasteiger partial charge in [-0.3, -0.25) is 4.98 Å². The second-order valence-corrected chi connectivity index (χ2v) is 7.37. The maximum Gasteiger partial charge on any atom is 0.337 e. The minimum absolute atomic E-state index is 0.0193. The van der Waals surface area contributed by atoms with Gasteiger partial charge in [-0.25, -0.2) is 36.4 Å². The van der Waals surface area contributed by atoms with Crippen LogP contribution in [0, 0.1) is 5.82 Å². The molecule has 3 heterocycles. The number of hydrogen-bond donors (Lipinski definition) is 2. The summed E-state index contributed by atoms with van der Waals surface area (Å²) in [7, 11) is 0. The molecule has 0 fully saturated rings. The van der Waals surface area contributed by atoms with Gasteiger partial charge in [-0.15, -0.1) is 0 Å². The molecule has 0 spiro atoms. The van der Waals surface area contributed by atoms with E-state index in [4.69, 9.17) is 11.6 Å². The largest absolute Gasteiger partial charge is 0.478 e. The molecule has 4 rings (SSSR count). The monoisotopic (exact) mass is 510 g/mol. The number of carbonyl (C=O) groups is 1. The van der Waals surface area contributed by atoms with Crippen LogP contribution in [0.15, 0.2) is 48.9 Å². The summed E-state index contributed by atoms with van der Waals surface area (Å²) in [5.74, 6) is -2.54. The summed E-state index contributed by atoms with van der Waals surface area (Å²) in [4.78, 5) is 23.4.